The Bertz CT molecular complexity index is 408. The number of aliphatic carboxylic acids is 1. The van der Waals surface area contributed by atoms with E-state index in [1.54, 1.807) is 21.0 Å². The van der Waals surface area contributed by atoms with Crippen LogP contribution in [0.1, 0.15) is 46.0 Å². The van der Waals surface area contributed by atoms with Crippen molar-refractivity contribution in [3.8, 4) is 0 Å². The van der Waals surface area contributed by atoms with Crippen molar-refractivity contribution in [1.82, 2.24) is 10.6 Å². The maximum absolute atomic E-state index is 11.8. The Morgan fingerprint density at radius 1 is 1.24 bits per heavy atom. The van der Waals surface area contributed by atoms with Crippen LogP contribution in [-0.2, 0) is 14.3 Å². The van der Waals surface area contributed by atoms with Gasteiger partial charge in [0.1, 0.15) is 0 Å². The predicted molar refractivity (Wildman–Crippen MR) is 75.8 cm³/mol. The lowest BCUT2D eigenvalue weighted by Gasteiger charge is -2.21. The van der Waals surface area contributed by atoms with Crippen LogP contribution in [0, 0.1) is 5.41 Å². The summed E-state index contributed by atoms with van der Waals surface area (Å²) < 4.78 is 5.21. The molecule has 0 aliphatic heterocycles. The second-order valence-corrected chi connectivity index (χ2v) is 6.30. The molecule has 0 radical (unpaired) electrons. The summed E-state index contributed by atoms with van der Waals surface area (Å²) in [5, 5.41) is 13.7. The van der Waals surface area contributed by atoms with Crippen molar-refractivity contribution >= 4 is 17.9 Å². The van der Waals surface area contributed by atoms with Gasteiger partial charge in [-0.1, -0.05) is 13.8 Å². The van der Waals surface area contributed by atoms with Crippen molar-refractivity contribution in [3.63, 3.8) is 0 Å². The van der Waals surface area contributed by atoms with Crippen LogP contribution in [-0.4, -0.2) is 42.3 Å². The molecular formula is C14H24N2O5. The quantitative estimate of drug-likeness (QED) is 0.685. The third-order valence-corrected chi connectivity index (χ3v) is 3.57. The highest BCUT2D eigenvalue weighted by molar-refractivity contribution is 5.94. The van der Waals surface area contributed by atoms with E-state index in [9.17, 15) is 14.4 Å². The third-order valence-electron chi connectivity index (χ3n) is 3.57. The van der Waals surface area contributed by atoms with Crippen LogP contribution in [0.15, 0.2) is 0 Å². The zero-order chi connectivity index (χ0) is 16.0. The van der Waals surface area contributed by atoms with Crippen molar-refractivity contribution in [2.24, 2.45) is 5.41 Å². The SMILES string of the molecule is COC1CCC(NC(=O)NC(=O)CC(C)(C)CC(=O)O)C1. The third kappa shape index (κ3) is 6.57. The average Bonchev–Trinajstić information content (AvgIpc) is 2.73. The lowest BCUT2D eigenvalue weighted by molar-refractivity contribution is -0.139. The van der Waals surface area contributed by atoms with E-state index in [1.807, 2.05) is 0 Å². The fraction of sp³-hybridized carbons (Fsp3) is 0.786. The minimum atomic E-state index is -0.964. The number of carbonyl (C=O) groups is 3. The van der Waals surface area contributed by atoms with E-state index in [2.05, 4.69) is 10.6 Å². The first-order valence-electron chi connectivity index (χ1n) is 7.07. The lowest BCUT2D eigenvalue weighted by atomic mass is 9.85. The van der Waals surface area contributed by atoms with Gasteiger partial charge in [0.05, 0.1) is 12.5 Å². The van der Waals surface area contributed by atoms with Gasteiger partial charge >= 0.3 is 12.0 Å². The van der Waals surface area contributed by atoms with E-state index in [0.29, 0.717) is 0 Å². The first-order chi connectivity index (χ1) is 9.71. The topological polar surface area (TPSA) is 105 Å². The highest BCUT2D eigenvalue weighted by atomic mass is 16.5. The number of urea groups is 1. The fourth-order valence-electron chi connectivity index (χ4n) is 2.58. The van der Waals surface area contributed by atoms with E-state index >= 15 is 0 Å². The van der Waals surface area contributed by atoms with Gasteiger partial charge in [0.2, 0.25) is 5.91 Å². The highest BCUT2D eigenvalue weighted by Gasteiger charge is 2.28. The number of carboxylic acid groups (broad SMARTS) is 1. The largest absolute Gasteiger partial charge is 0.481 e. The molecule has 0 heterocycles. The fourth-order valence-corrected chi connectivity index (χ4v) is 2.58. The number of amides is 3. The summed E-state index contributed by atoms with van der Waals surface area (Å²) in [5.74, 6) is -1.44. The molecule has 0 bridgehead atoms. The van der Waals surface area contributed by atoms with E-state index in [1.165, 1.54) is 0 Å². The smallest absolute Gasteiger partial charge is 0.321 e. The normalized spacial score (nSPS) is 21.9. The van der Waals surface area contributed by atoms with Gasteiger partial charge in [-0.15, -0.1) is 0 Å². The molecule has 1 rings (SSSR count). The second kappa shape index (κ2) is 7.40. The number of methoxy groups -OCH3 is 1. The van der Waals surface area contributed by atoms with Gasteiger partial charge in [-0.3, -0.25) is 14.9 Å². The molecule has 0 aromatic heterocycles. The van der Waals surface area contributed by atoms with Gasteiger partial charge < -0.3 is 15.2 Å². The summed E-state index contributed by atoms with van der Waals surface area (Å²) >= 11 is 0. The number of imide groups is 1. The molecular weight excluding hydrogens is 276 g/mol. The van der Waals surface area contributed by atoms with Crippen molar-refractivity contribution in [1.29, 1.82) is 0 Å². The second-order valence-electron chi connectivity index (χ2n) is 6.30. The van der Waals surface area contributed by atoms with Crippen LogP contribution >= 0.6 is 0 Å². The molecule has 2 unspecified atom stereocenters. The molecule has 2 atom stereocenters. The van der Waals surface area contributed by atoms with Gasteiger partial charge in [-0.25, -0.2) is 4.79 Å². The van der Waals surface area contributed by atoms with Crippen LogP contribution in [0.5, 0.6) is 0 Å². The molecule has 1 aliphatic rings. The molecule has 0 aromatic carbocycles. The molecule has 7 heteroatoms. The molecule has 21 heavy (non-hydrogen) atoms. The predicted octanol–water partition coefficient (Wildman–Crippen LogP) is 1.27. The Kier molecular flexibility index (Phi) is 6.14. The van der Waals surface area contributed by atoms with Gasteiger partial charge in [0.15, 0.2) is 0 Å². The Labute approximate surface area is 124 Å². The molecule has 0 saturated heterocycles. The summed E-state index contributed by atoms with van der Waals surface area (Å²) in [7, 11) is 1.64. The lowest BCUT2D eigenvalue weighted by Crippen LogP contribution is -2.44. The van der Waals surface area contributed by atoms with Crippen LogP contribution in [0.25, 0.3) is 0 Å². The van der Waals surface area contributed by atoms with Crippen molar-refractivity contribution in [2.45, 2.75) is 58.1 Å². The van der Waals surface area contributed by atoms with Crippen molar-refractivity contribution < 1.29 is 24.2 Å². The van der Waals surface area contributed by atoms with Crippen molar-refractivity contribution in [2.75, 3.05) is 7.11 Å². The maximum Gasteiger partial charge on any atom is 0.321 e. The average molecular weight is 300 g/mol. The molecule has 120 valence electrons. The minimum Gasteiger partial charge on any atom is -0.481 e. The first-order valence-corrected chi connectivity index (χ1v) is 7.07. The Morgan fingerprint density at radius 2 is 1.90 bits per heavy atom. The summed E-state index contributed by atoms with van der Waals surface area (Å²) in [6.07, 6.45) is 2.47. The molecule has 3 amide bonds. The summed E-state index contributed by atoms with van der Waals surface area (Å²) in [5.41, 5.74) is -0.690. The first kappa shape index (κ1) is 17.4. The molecule has 1 aliphatic carbocycles. The summed E-state index contributed by atoms with van der Waals surface area (Å²) in [4.78, 5) is 34.2. The van der Waals surface area contributed by atoms with Crippen LogP contribution in [0.4, 0.5) is 4.79 Å². The minimum absolute atomic E-state index is 0.00906. The van der Waals surface area contributed by atoms with Gasteiger partial charge in [-0.2, -0.15) is 0 Å². The summed E-state index contributed by atoms with van der Waals surface area (Å²) in [6, 6.07) is -0.525. The molecule has 1 saturated carbocycles. The number of hydrogen-bond acceptors (Lipinski definition) is 4. The number of rotatable bonds is 6. The zero-order valence-electron chi connectivity index (χ0n) is 12.8. The number of carboxylic acids is 1. The Balaban J connectivity index is 2.34. The van der Waals surface area contributed by atoms with Crippen LogP contribution in [0.3, 0.4) is 0 Å². The Morgan fingerprint density at radius 3 is 2.43 bits per heavy atom. The van der Waals surface area contributed by atoms with Gasteiger partial charge in [0.25, 0.3) is 0 Å². The number of carbonyl (C=O) groups excluding carboxylic acids is 2. The number of hydrogen-bond donors (Lipinski definition) is 3. The van der Waals surface area contributed by atoms with E-state index in [-0.39, 0.29) is 25.0 Å². The van der Waals surface area contributed by atoms with Crippen LogP contribution < -0.4 is 10.6 Å². The zero-order valence-corrected chi connectivity index (χ0v) is 12.8. The number of ether oxygens (including phenoxy) is 1. The number of nitrogens with one attached hydrogen (secondary N) is 2. The Hall–Kier alpha value is -1.63. The maximum atomic E-state index is 11.8. The van der Waals surface area contributed by atoms with E-state index < -0.39 is 23.3 Å². The molecule has 1 fully saturated rings. The van der Waals surface area contributed by atoms with Crippen LogP contribution in [0.2, 0.25) is 0 Å². The highest BCUT2D eigenvalue weighted by Crippen LogP contribution is 2.25. The van der Waals surface area contributed by atoms with E-state index in [0.717, 1.165) is 19.3 Å². The molecule has 0 spiro atoms. The van der Waals surface area contributed by atoms with Gasteiger partial charge in [-0.05, 0) is 24.7 Å². The molecule has 7 nitrogen and oxygen atoms in total. The monoisotopic (exact) mass is 300 g/mol. The molecule has 0 aromatic rings. The van der Waals surface area contributed by atoms with E-state index in [4.69, 9.17) is 9.84 Å². The summed E-state index contributed by atoms with van der Waals surface area (Å²) in [6.45, 7) is 3.36. The standard InChI is InChI=1S/C14H24N2O5/c1-14(2,8-12(18)19)7-11(17)16-13(20)15-9-4-5-10(6-9)21-3/h9-10H,4-8H2,1-3H3,(H,18,19)(H2,15,16,17,20). The molecule has 3 N–H and O–H groups in total. The van der Waals surface area contributed by atoms with Gasteiger partial charge in [0, 0.05) is 19.6 Å². The van der Waals surface area contributed by atoms with Crippen molar-refractivity contribution in [3.05, 3.63) is 0 Å².